The fourth-order valence-electron chi connectivity index (χ4n) is 0.990. The maximum Gasteiger partial charge on any atom is 0.358 e. The van der Waals surface area contributed by atoms with E-state index in [1.54, 1.807) is 6.08 Å². The molecule has 0 saturated heterocycles. The standard InChI is InChI=1S/C9H12N4O3/c1-2-3-4-10-8(14)6-13-5-7(9(15)16)11-12-13/h2,5H,1,3-4,6H2,(H,10,14)(H,15,16). The molecule has 0 atom stereocenters. The molecule has 7 heteroatoms. The van der Waals surface area contributed by atoms with E-state index in [0.29, 0.717) is 13.0 Å². The van der Waals surface area contributed by atoms with E-state index in [9.17, 15) is 9.59 Å². The Labute approximate surface area is 91.8 Å². The second-order valence-electron chi connectivity index (χ2n) is 3.03. The number of carboxylic acid groups (broad SMARTS) is 1. The van der Waals surface area contributed by atoms with Crippen molar-refractivity contribution in [3.05, 3.63) is 24.5 Å². The largest absolute Gasteiger partial charge is 0.476 e. The summed E-state index contributed by atoms with van der Waals surface area (Å²) in [5.74, 6) is -1.41. The van der Waals surface area contributed by atoms with Crippen molar-refractivity contribution in [2.75, 3.05) is 6.54 Å². The van der Waals surface area contributed by atoms with Crippen LogP contribution in [-0.2, 0) is 11.3 Å². The Kier molecular flexibility index (Phi) is 4.19. The molecule has 86 valence electrons. The number of carboxylic acids is 1. The zero-order chi connectivity index (χ0) is 12.0. The molecule has 7 nitrogen and oxygen atoms in total. The third kappa shape index (κ3) is 3.52. The van der Waals surface area contributed by atoms with E-state index in [2.05, 4.69) is 22.2 Å². The Bertz CT molecular complexity index is 399. The van der Waals surface area contributed by atoms with Crippen LogP contribution in [0.3, 0.4) is 0 Å². The number of carbonyl (C=O) groups is 2. The number of hydrogen-bond donors (Lipinski definition) is 2. The van der Waals surface area contributed by atoms with Crippen molar-refractivity contribution in [3.8, 4) is 0 Å². The molecule has 2 N–H and O–H groups in total. The lowest BCUT2D eigenvalue weighted by atomic mass is 10.4. The number of nitrogens with one attached hydrogen (secondary N) is 1. The molecule has 1 amide bonds. The summed E-state index contributed by atoms with van der Waals surface area (Å²) in [7, 11) is 0. The second-order valence-corrected chi connectivity index (χ2v) is 3.03. The van der Waals surface area contributed by atoms with Crippen LogP contribution in [-0.4, -0.2) is 38.5 Å². The number of hydrogen-bond acceptors (Lipinski definition) is 4. The predicted octanol–water partition coefficient (Wildman–Crippen LogP) is -0.331. The van der Waals surface area contributed by atoms with E-state index in [0.717, 1.165) is 0 Å². The molecule has 1 rings (SSSR count). The Balaban J connectivity index is 2.43. The van der Waals surface area contributed by atoms with Gasteiger partial charge in [-0.3, -0.25) is 4.79 Å². The second kappa shape index (κ2) is 5.64. The highest BCUT2D eigenvalue weighted by Crippen LogP contribution is 1.92. The van der Waals surface area contributed by atoms with Crippen molar-refractivity contribution in [1.29, 1.82) is 0 Å². The van der Waals surface area contributed by atoms with Crippen LogP contribution in [0.15, 0.2) is 18.9 Å². The zero-order valence-electron chi connectivity index (χ0n) is 8.59. The molecule has 1 aromatic heterocycles. The van der Waals surface area contributed by atoms with E-state index in [1.807, 2.05) is 0 Å². The van der Waals surface area contributed by atoms with Gasteiger partial charge in [0.2, 0.25) is 5.91 Å². The van der Waals surface area contributed by atoms with Gasteiger partial charge in [-0.25, -0.2) is 9.48 Å². The van der Waals surface area contributed by atoms with E-state index >= 15 is 0 Å². The van der Waals surface area contributed by atoms with Crippen LogP contribution in [0.25, 0.3) is 0 Å². The summed E-state index contributed by atoms with van der Waals surface area (Å²) in [5, 5.41) is 18.1. The van der Waals surface area contributed by atoms with Crippen molar-refractivity contribution in [3.63, 3.8) is 0 Å². The normalized spacial score (nSPS) is 9.75. The predicted molar refractivity (Wildman–Crippen MR) is 54.8 cm³/mol. The topological polar surface area (TPSA) is 97.1 Å². The summed E-state index contributed by atoms with van der Waals surface area (Å²) in [4.78, 5) is 21.8. The number of carbonyl (C=O) groups excluding carboxylic acids is 1. The lowest BCUT2D eigenvalue weighted by molar-refractivity contribution is -0.121. The lowest BCUT2D eigenvalue weighted by Gasteiger charge is -2.02. The first-order valence-corrected chi connectivity index (χ1v) is 4.64. The maximum atomic E-state index is 11.3. The average molecular weight is 224 g/mol. The van der Waals surface area contributed by atoms with Crippen LogP contribution < -0.4 is 5.32 Å². The van der Waals surface area contributed by atoms with Crippen molar-refractivity contribution in [1.82, 2.24) is 20.3 Å². The Morgan fingerprint density at radius 3 is 2.94 bits per heavy atom. The monoisotopic (exact) mass is 224 g/mol. The molecular weight excluding hydrogens is 212 g/mol. The van der Waals surface area contributed by atoms with E-state index < -0.39 is 5.97 Å². The third-order valence-corrected chi connectivity index (χ3v) is 1.73. The van der Waals surface area contributed by atoms with Gasteiger partial charge < -0.3 is 10.4 Å². The summed E-state index contributed by atoms with van der Waals surface area (Å²) in [5.41, 5.74) is -0.182. The van der Waals surface area contributed by atoms with Crippen LogP contribution >= 0.6 is 0 Å². The first-order chi connectivity index (χ1) is 7.63. The van der Waals surface area contributed by atoms with E-state index in [-0.39, 0.29) is 18.1 Å². The van der Waals surface area contributed by atoms with Gasteiger partial charge in [-0.05, 0) is 6.42 Å². The van der Waals surface area contributed by atoms with Gasteiger partial charge >= 0.3 is 5.97 Å². The molecule has 0 spiro atoms. The minimum absolute atomic E-state index is 0.0442. The van der Waals surface area contributed by atoms with Gasteiger partial charge in [-0.15, -0.1) is 11.7 Å². The number of aromatic carboxylic acids is 1. The molecule has 16 heavy (non-hydrogen) atoms. The van der Waals surface area contributed by atoms with E-state index in [4.69, 9.17) is 5.11 Å². The number of amides is 1. The highest BCUT2D eigenvalue weighted by molar-refractivity contribution is 5.84. The fraction of sp³-hybridized carbons (Fsp3) is 0.333. The molecule has 0 saturated carbocycles. The van der Waals surface area contributed by atoms with Crippen molar-refractivity contribution >= 4 is 11.9 Å². The summed E-state index contributed by atoms with van der Waals surface area (Å²) in [6.45, 7) is 3.98. The molecule has 0 aliphatic rings. The molecule has 1 heterocycles. The quantitative estimate of drug-likeness (QED) is 0.509. The SMILES string of the molecule is C=CCCNC(=O)Cn1cc(C(=O)O)nn1. The van der Waals surface area contributed by atoms with E-state index in [1.165, 1.54) is 10.9 Å². The molecule has 1 aromatic rings. The van der Waals surface area contributed by atoms with Gasteiger partial charge in [0.05, 0.1) is 6.20 Å². The molecule has 0 aliphatic heterocycles. The van der Waals surface area contributed by atoms with Gasteiger partial charge in [0, 0.05) is 6.54 Å². The van der Waals surface area contributed by atoms with Gasteiger partial charge in [0.15, 0.2) is 5.69 Å². The van der Waals surface area contributed by atoms with Crippen LogP contribution in [0.5, 0.6) is 0 Å². The minimum atomic E-state index is -1.17. The van der Waals surface area contributed by atoms with Crippen molar-refractivity contribution in [2.24, 2.45) is 0 Å². The van der Waals surface area contributed by atoms with Gasteiger partial charge in [-0.2, -0.15) is 0 Å². The smallest absolute Gasteiger partial charge is 0.358 e. The number of rotatable bonds is 6. The Hall–Kier alpha value is -2.18. The molecule has 0 unspecified atom stereocenters. The van der Waals surface area contributed by atoms with Gasteiger partial charge in [-0.1, -0.05) is 11.3 Å². The minimum Gasteiger partial charge on any atom is -0.476 e. The summed E-state index contributed by atoms with van der Waals surface area (Å²) in [6, 6.07) is 0. The van der Waals surface area contributed by atoms with Crippen LogP contribution in [0, 0.1) is 0 Å². The first-order valence-electron chi connectivity index (χ1n) is 4.64. The molecule has 0 bridgehead atoms. The molecule has 0 fully saturated rings. The Morgan fingerprint density at radius 2 is 2.38 bits per heavy atom. The molecular formula is C9H12N4O3. The first kappa shape index (κ1) is 11.9. The molecule has 0 aliphatic carbocycles. The van der Waals surface area contributed by atoms with Crippen LogP contribution in [0.4, 0.5) is 0 Å². The summed E-state index contributed by atoms with van der Waals surface area (Å²) >= 11 is 0. The average Bonchev–Trinajstić information content (AvgIpc) is 2.66. The Morgan fingerprint density at radius 1 is 1.62 bits per heavy atom. The fourth-order valence-corrected chi connectivity index (χ4v) is 0.990. The summed E-state index contributed by atoms with van der Waals surface area (Å²) in [6.07, 6.45) is 3.58. The maximum absolute atomic E-state index is 11.3. The molecule has 0 radical (unpaired) electrons. The zero-order valence-corrected chi connectivity index (χ0v) is 8.59. The van der Waals surface area contributed by atoms with Crippen LogP contribution in [0.2, 0.25) is 0 Å². The van der Waals surface area contributed by atoms with Gasteiger partial charge in [0.25, 0.3) is 0 Å². The van der Waals surface area contributed by atoms with Gasteiger partial charge in [0.1, 0.15) is 6.54 Å². The molecule has 0 aromatic carbocycles. The number of aromatic nitrogens is 3. The number of nitrogens with zero attached hydrogens (tertiary/aromatic N) is 3. The summed E-state index contributed by atoms with van der Waals surface area (Å²) < 4.78 is 1.17. The van der Waals surface area contributed by atoms with Crippen LogP contribution in [0.1, 0.15) is 16.9 Å². The lowest BCUT2D eigenvalue weighted by Crippen LogP contribution is -2.28. The van der Waals surface area contributed by atoms with Crippen molar-refractivity contribution < 1.29 is 14.7 Å². The highest BCUT2D eigenvalue weighted by Gasteiger charge is 2.09. The third-order valence-electron chi connectivity index (χ3n) is 1.73. The highest BCUT2D eigenvalue weighted by atomic mass is 16.4. The van der Waals surface area contributed by atoms with Crippen molar-refractivity contribution in [2.45, 2.75) is 13.0 Å².